The van der Waals surface area contributed by atoms with Crippen molar-refractivity contribution >= 4 is 17.0 Å². The Bertz CT molecular complexity index is 1150. The Balaban J connectivity index is 1.90. The van der Waals surface area contributed by atoms with Crippen molar-refractivity contribution in [3.05, 3.63) is 89.8 Å². The van der Waals surface area contributed by atoms with Crippen LogP contribution in [0.15, 0.2) is 67.4 Å². The molecule has 4 aromatic rings. The van der Waals surface area contributed by atoms with E-state index in [1.165, 1.54) is 27.7 Å². The molecule has 0 amide bonds. The van der Waals surface area contributed by atoms with Gasteiger partial charge in [-0.15, -0.1) is 0 Å². The van der Waals surface area contributed by atoms with Gasteiger partial charge in [0.2, 0.25) is 0 Å². The summed E-state index contributed by atoms with van der Waals surface area (Å²) in [6.07, 6.45) is 3.76. The molecule has 2 aromatic heterocycles. The number of benzene rings is 2. The van der Waals surface area contributed by atoms with Crippen molar-refractivity contribution in [1.82, 2.24) is 9.55 Å². The summed E-state index contributed by atoms with van der Waals surface area (Å²) < 4.78 is 7.76. The second-order valence-electron chi connectivity index (χ2n) is 7.03. The van der Waals surface area contributed by atoms with Crippen molar-refractivity contribution in [2.75, 3.05) is 7.11 Å². The van der Waals surface area contributed by atoms with Gasteiger partial charge in [-0.05, 0) is 48.7 Å². The van der Waals surface area contributed by atoms with E-state index in [9.17, 15) is 0 Å². The fourth-order valence-corrected chi connectivity index (χ4v) is 3.73. The van der Waals surface area contributed by atoms with E-state index in [0.29, 0.717) is 0 Å². The monoisotopic (exact) mass is 368 g/mol. The van der Waals surface area contributed by atoms with Crippen LogP contribution in [0.4, 0.5) is 0 Å². The van der Waals surface area contributed by atoms with Gasteiger partial charge in [0.05, 0.1) is 18.3 Å². The lowest BCUT2D eigenvalue weighted by Crippen LogP contribution is -2.03. The summed E-state index contributed by atoms with van der Waals surface area (Å²) in [6.45, 7) is 8.98. The molecule has 3 heteroatoms. The Labute approximate surface area is 165 Å². The third kappa shape index (κ3) is 3.09. The average Bonchev–Trinajstić information content (AvgIpc) is 2.99. The van der Waals surface area contributed by atoms with Gasteiger partial charge in [-0.3, -0.25) is 4.98 Å². The molecule has 2 aromatic carbocycles. The molecule has 0 aliphatic rings. The van der Waals surface area contributed by atoms with Crippen LogP contribution in [0.5, 0.6) is 5.75 Å². The Morgan fingerprint density at radius 3 is 2.57 bits per heavy atom. The van der Waals surface area contributed by atoms with E-state index in [1.807, 2.05) is 24.4 Å². The first-order valence-corrected chi connectivity index (χ1v) is 9.42. The molecule has 0 radical (unpaired) electrons. The summed E-state index contributed by atoms with van der Waals surface area (Å²) in [4.78, 5) is 4.75. The van der Waals surface area contributed by atoms with E-state index in [4.69, 9.17) is 9.72 Å². The predicted molar refractivity (Wildman–Crippen MR) is 117 cm³/mol. The molecule has 0 aliphatic heterocycles. The fourth-order valence-electron chi connectivity index (χ4n) is 3.73. The van der Waals surface area contributed by atoms with Crippen molar-refractivity contribution in [2.24, 2.45) is 0 Å². The maximum Gasteiger partial charge on any atom is 0.119 e. The molecule has 28 heavy (non-hydrogen) atoms. The van der Waals surface area contributed by atoms with E-state index < -0.39 is 0 Å². The van der Waals surface area contributed by atoms with E-state index in [-0.39, 0.29) is 0 Å². The molecule has 4 rings (SSSR count). The lowest BCUT2D eigenvalue weighted by atomic mass is 10.1. The maximum absolute atomic E-state index is 5.40. The number of methoxy groups -OCH3 is 1. The van der Waals surface area contributed by atoms with Crippen LogP contribution in [0, 0.1) is 13.8 Å². The molecule has 3 nitrogen and oxygen atoms in total. The van der Waals surface area contributed by atoms with Crippen LogP contribution in [0.3, 0.4) is 0 Å². The van der Waals surface area contributed by atoms with Gasteiger partial charge in [0.1, 0.15) is 5.75 Å². The van der Waals surface area contributed by atoms with Crippen LogP contribution in [-0.4, -0.2) is 16.7 Å². The average molecular weight is 368 g/mol. The third-order valence-corrected chi connectivity index (χ3v) is 5.44. The van der Waals surface area contributed by atoms with Gasteiger partial charge in [0.15, 0.2) is 0 Å². The van der Waals surface area contributed by atoms with Gasteiger partial charge in [0, 0.05) is 29.4 Å². The van der Waals surface area contributed by atoms with Crippen LogP contribution in [0.25, 0.3) is 28.2 Å². The van der Waals surface area contributed by atoms with Crippen molar-refractivity contribution < 1.29 is 4.74 Å². The summed E-state index contributed by atoms with van der Waals surface area (Å²) >= 11 is 0. The van der Waals surface area contributed by atoms with E-state index >= 15 is 0 Å². The number of hydrogen-bond donors (Lipinski definition) is 0. The molecule has 0 saturated carbocycles. The van der Waals surface area contributed by atoms with E-state index in [2.05, 4.69) is 67.5 Å². The molecule has 0 N–H and O–H groups in total. The quantitative estimate of drug-likeness (QED) is 0.431. The van der Waals surface area contributed by atoms with Gasteiger partial charge in [-0.1, -0.05) is 49.1 Å². The molecule has 0 saturated heterocycles. The number of aromatic nitrogens is 2. The van der Waals surface area contributed by atoms with Crippen molar-refractivity contribution in [2.45, 2.75) is 20.4 Å². The zero-order valence-corrected chi connectivity index (χ0v) is 16.6. The van der Waals surface area contributed by atoms with Crippen molar-refractivity contribution in [3.63, 3.8) is 0 Å². The molecular formula is C25H24N2O. The molecule has 0 unspecified atom stereocenters. The minimum atomic E-state index is 0.775. The number of hydrogen-bond acceptors (Lipinski definition) is 2. The minimum absolute atomic E-state index is 0.775. The second kappa shape index (κ2) is 7.35. The Morgan fingerprint density at radius 2 is 1.86 bits per heavy atom. The Hall–Kier alpha value is -3.33. The number of rotatable bonds is 5. The molecule has 0 bridgehead atoms. The van der Waals surface area contributed by atoms with Crippen LogP contribution >= 0.6 is 0 Å². The van der Waals surface area contributed by atoms with Crippen LogP contribution in [0.2, 0.25) is 0 Å². The van der Waals surface area contributed by atoms with E-state index in [1.54, 1.807) is 7.11 Å². The number of nitrogens with zero attached hydrogens (tertiary/aromatic N) is 2. The van der Waals surface area contributed by atoms with E-state index in [0.717, 1.165) is 29.1 Å². The molecule has 2 heterocycles. The summed E-state index contributed by atoms with van der Waals surface area (Å²) in [7, 11) is 1.70. The number of ether oxygens (including phenoxy) is 1. The van der Waals surface area contributed by atoms with Crippen LogP contribution < -0.4 is 4.74 Å². The molecule has 0 fully saturated rings. The molecule has 0 aliphatic carbocycles. The maximum atomic E-state index is 5.40. The highest BCUT2D eigenvalue weighted by atomic mass is 16.5. The van der Waals surface area contributed by atoms with Gasteiger partial charge in [-0.25, -0.2) is 0 Å². The lowest BCUT2D eigenvalue weighted by molar-refractivity contribution is 0.414. The topological polar surface area (TPSA) is 27.1 Å². The molecule has 0 spiro atoms. The summed E-state index contributed by atoms with van der Waals surface area (Å²) in [5.74, 6) is 0.877. The molecular weight excluding hydrogens is 344 g/mol. The summed E-state index contributed by atoms with van der Waals surface area (Å²) in [5.41, 5.74) is 8.16. The first-order chi connectivity index (χ1) is 13.6. The number of pyridine rings is 1. The Kier molecular flexibility index (Phi) is 4.74. The highest BCUT2D eigenvalue weighted by molar-refractivity contribution is 5.95. The SMILES string of the molecule is C=Cc1ccc(-c2nccc3c(C)c(C)n(Cc4cccc(OC)c4)c23)cc1. The minimum Gasteiger partial charge on any atom is -0.497 e. The smallest absolute Gasteiger partial charge is 0.119 e. The predicted octanol–water partition coefficient (Wildman–Crippen LogP) is 6.02. The largest absolute Gasteiger partial charge is 0.497 e. The Morgan fingerprint density at radius 1 is 1.07 bits per heavy atom. The normalized spacial score (nSPS) is 11.0. The highest BCUT2D eigenvalue weighted by Crippen LogP contribution is 2.33. The first-order valence-electron chi connectivity index (χ1n) is 9.42. The van der Waals surface area contributed by atoms with Crippen LogP contribution in [0.1, 0.15) is 22.4 Å². The summed E-state index contributed by atoms with van der Waals surface area (Å²) in [5, 5.41) is 1.25. The standard InChI is InChI=1S/C25H24N2O/c1-5-19-9-11-21(12-10-19)24-25-23(13-14-26-24)17(2)18(3)27(25)16-20-7-6-8-22(15-20)28-4/h5-15H,1,16H2,2-4H3. The highest BCUT2D eigenvalue weighted by Gasteiger charge is 2.16. The molecule has 140 valence electrons. The second-order valence-corrected chi connectivity index (χ2v) is 7.03. The van der Waals surface area contributed by atoms with Crippen LogP contribution in [-0.2, 0) is 6.54 Å². The lowest BCUT2D eigenvalue weighted by Gasteiger charge is -2.12. The fraction of sp³-hybridized carbons (Fsp3) is 0.160. The van der Waals surface area contributed by atoms with Gasteiger partial charge in [-0.2, -0.15) is 0 Å². The zero-order valence-electron chi connectivity index (χ0n) is 16.6. The first kappa shape index (κ1) is 18.1. The van der Waals surface area contributed by atoms with Crippen molar-refractivity contribution in [3.8, 4) is 17.0 Å². The van der Waals surface area contributed by atoms with Crippen molar-refractivity contribution in [1.29, 1.82) is 0 Å². The van der Waals surface area contributed by atoms with Gasteiger partial charge < -0.3 is 9.30 Å². The number of fused-ring (bicyclic) bond motifs is 1. The zero-order chi connectivity index (χ0) is 19.7. The van der Waals surface area contributed by atoms with Gasteiger partial charge in [0.25, 0.3) is 0 Å². The summed E-state index contributed by atoms with van der Waals surface area (Å²) in [6, 6.07) is 18.8. The molecule has 0 atom stereocenters. The van der Waals surface area contributed by atoms with Gasteiger partial charge >= 0.3 is 0 Å². The third-order valence-electron chi connectivity index (χ3n) is 5.44. The number of aryl methyl sites for hydroxylation is 1.